The van der Waals surface area contributed by atoms with Gasteiger partial charge in [0.15, 0.2) is 11.5 Å². The van der Waals surface area contributed by atoms with E-state index in [0.717, 1.165) is 5.56 Å². The minimum atomic E-state index is -0.406. The number of ether oxygens (including phenoxy) is 2. The molecule has 24 heavy (non-hydrogen) atoms. The maximum Gasteiger partial charge on any atom is 0.262 e. The number of benzene rings is 2. The summed E-state index contributed by atoms with van der Waals surface area (Å²) >= 11 is 0. The van der Waals surface area contributed by atoms with Crippen molar-refractivity contribution in [1.29, 1.82) is 5.26 Å². The van der Waals surface area contributed by atoms with Crippen LogP contribution in [0, 0.1) is 11.3 Å². The molecule has 2 aromatic carbocycles. The van der Waals surface area contributed by atoms with Gasteiger partial charge in [-0.05, 0) is 29.3 Å². The van der Waals surface area contributed by atoms with Gasteiger partial charge in [-0.3, -0.25) is 4.79 Å². The number of nitrogens with one attached hydrogen (secondary N) is 1. The number of amides is 1. The Morgan fingerprint density at radius 3 is 2.62 bits per heavy atom. The normalized spacial score (nSPS) is 13.0. The lowest BCUT2D eigenvalue weighted by Gasteiger charge is -2.18. The number of hydrogen-bond acceptors (Lipinski definition) is 4. The highest BCUT2D eigenvalue weighted by Crippen LogP contribution is 2.31. The van der Waals surface area contributed by atoms with Crippen molar-refractivity contribution in [3.05, 3.63) is 65.2 Å². The molecule has 0 saturated carbocycles. The smallest absolute Gasteiger partial charge is 0.262 e. The Morgan fingerprint density at radius 1 is 1.12 bits per heavy atom. The molecule has 1 aliphatic heterocycles. The van der Waals surface area contributed by atoms with E-state index in [2.05, 4.69) is 5.32 Å². The minimum absolute atomic E-state index is 0.0441. The average Bonchev–Trinajstić information content (AvgIpc) is 2.65. The Morgan fingerprint density at radius 2 is 1.88 bits per heavy atom. The molecule has 0 radical (unpaired) electrons. The number of fused-ring (bicyclic) bond motifs is 1. The third-order valence-electron chi connectivity index (χ3n) is 3.54. The lowest BCUT2D eigenvalue weighted by atomic mass is 10.1. The summed E-state index contributed by atoms with van der Waals surface area (Å²) in [6, 6.07) is 16.8. The van der Waals surface area contributed by atoms with Crippen LogP contribution in [0.15, 0.2) is 54.1 Å². The second-order valence-electron chi connectivity index (χ2n) is 5.24. The van der Waals surface area contributed by atoms with Crippen LogP contribution in [0.4, 0.5) is 0 Å². The van der Waals surface area contributed by atoms with E-state index in [9.17, 15) is 10.1 Å². The van der Waals surface area contributed by atoms with Gasteiger partial charge in [0, 0.05) is 6.54 Å². The zero-order valence-corrected chi connectivity index (χ0v) is 13.0. The molecule has 5 heteroatoms. The summed E-state index contributed by atoms with van der Waals surface area (Å²) in [5.74, 6) is 0.888. The maximum atomic E-state index is 12.2. The summed E-state index contributed by atoms with van der Waals surface area (Å²) < 4.78 is 11.0. The van der Waals surface area contributed by atoms with Crippen molar-refractivity contribution < 1.29 is 14.3 Å². The van der Waals surface area contributed by atoms with Crippen molar-refractivity contribution in [3.8, 4) is 17.6 Å². The minimum Gasteiger partial charge on any atom is -0.486 e. The van der Waals surface area contributed by atoms with Crippen LogP contribution in [0.5, 0.6) is 11.5 Å². The highest BCUT2D eigenvalue weighted by Gasteiger charge is 2.13. The van der Waals surface area contributed by atoms with Crippen molar-refractivity contribution in [3.63, 3.8) is 0 Å². The van der Waals surface area contributed by atoms with Crippen LogP contribution >= 0.6 is 0 Å². The maximum absolute atomic E-state index is 12.2. The van der Waals surface area contributed by atoms with E-state index >= 15 is 0 Å². The molecule has 0 saturated heterocycles. The van der Waals surface area contributed by atoms with Crippen LogP contribution in [-0.2, 0) is 11.3 Å². The molecular weight excluding hydrogens is 304 g/mol. The SMILES string of the molecule is N#CC(=Cc1ccc2c(c1)OCCO2)C(=O)NCc1ccccc1. The lowest BCUT2D eigenvalue weighted by molar-refractivity contribution is -0.117. The molecule has 0 atom stereocenters. The third kappa shape index (κ3) is 3.73. The highest BCUT2D eigenvalue weighted by molar-refractivity contribution is 6.01. The standard InChI is InChI=1S/C19H16N2O3/c20-12-16(19(22)21-13-14-4-2-1-3-5-14)10-15-6-7-17-18(11-15)24-9-8-23-17/h1-7,10-11H,8-9,13H2,(H,21,22). The van der Waals surface area contributed by atoms with Gasteiger partial charge in [0.05, 0.1) is 0 Å². The van der Waals surface area contributed by atoms with Gasteiger partial charge in [0.1, 0.15) is 24.9 Å². The summed E-state index contributed by atoms with van der Waals surface area (Å²) in [7, 11) is 0. The second-order valence-corrected chi connectivity index (χ2v) is 5.24. The second kappa shape index (κ2) is 7.34. The number of nitrogens with zero attached hydrogens (tertiary/aromatic N) is 1. The Kier molecular flexibility index (Phi) is 4.78. The zero-order chi connectivity index (χ0) is 16.8. The first-order valence-corrected chi connectivity index (χ1v) is 7.60. The van der Waals surface area contributed by atoms with Gasteiger partial charge in [-0.2, -0.15) is 5.26 Å². The molecule has 1 amide bonds. The van der Waals surface area contributed by atoms with Gasteiger partial charge in [0.2, 0.25) is 0 Å². The topological polar surface area (TPSA) is 71.3 Å². The number of carbonyl (C=O) groups is 1. The molecule has 0 unspecified atom stereocenters. The Labute approximate surface area is 140 Å². The molecule has 1 heterocycles. The summed E-state index contributed by atoms with van der Waals surface area (Å²) in [6.07, 6.45) is 1.54. The Balaban J connectivity index is 1.72. The van der Waals surface area contributed by atoms with E-state index in [4.69, 9.17) is 9.47 Å². The van der Waals surface area contributed by atoms with Gasteiger partial charge in [0.25, 0.3) is 5.91 Å². The molecular formula is C19H16N2O3. The van der Waals surface area contributed by atoms with Crippen molar-refractivity contribution in [2.75, 3.05) is 13.2 Å². The first-order chi connectivity index (χ1) is 11.8. The van der Waals surface area contributed by atoms with E-state index in [0.29, 0.717) is 36.8 Å². The predicted octanol–water partition coefficient (Wildman–Crippen LogP) is 2.68. The lowest BCUT2D eigenvalue weighted by Crippen LogP contribution is -2.23. The molecule has 0 fully saturated rings. The summed E-state index contributed by atoms with van der Waals surface area (Å²) in [6.45, 7) is 1.39. The van der Waals surface area contributed by atoms with Crippen molar-refractivity contribution >= 4 is 12.0 Å². The molecule has 1 N–H and O–H groups in total. The van der Waals surface area contributed by atoms with E-state index in [-0.39, 0.29) is 5.57 Å². The fourth-order valence-electron chi connectivity index (χ4n) is 2.34. The van der Waals surface area contributed by atoms with Gasteiger partial charge >= 0.3 is 0 Å². The van der Waals surface area contributed by atoms with Crippen molar-refractivity contribution in [2.24, 2.45) is 0 Å². The van der Waals surface area contributed by atoms with E-state index in [1.807, 2.05) is 36.4 Å². The molecule has 0 bridgehead atoms. The number of carbonyl (C=O) groups excluding carboxylic acids is 1. The molecule has 5 nitrogen and oxygen atoms in total. The first kappa shape index (κ1) is 15.6. The molecule has 1 aliphatic rings. The summed E-state index contributed by atoms with van der Waals surface area (Å²) in [5.41, 5.74) is 1.73. The molecule has 0 aromatic heterocycles. The van der Waals surface area contributed by atoms with Crippen LogP contribution in [0.3, 0.4) is 0 Å². The number of nitriles is 1. The number of hydrogen-bond donors (Lipinski definition) is 1. The molecule has 0 spiro atoms. The van der Waals surface area contributed by atoms with Crippen molar-refractivity contribution in [2.45, 2.75) is 6.54 Å². The molecule has 120 valence electrons. The molecule has 0 aliphatic carbocycles. The zero-order valence-electron chi connectivity index (χ0n) is 13.0. The van der Waals surface area contributed by atoms with Crippen LogP contribution in [0.1, 0.15) is 11.1 Å². The summed E-state index contributed by atoms with van der Waals surface area (Å²) in [5, 5.41) is 12.0. The molecule has 2 aromatic rings. The monoisotopic (exact) mass is 320 g/mol. The first-order valence-electron chi connectivity index (χ1n) is 7.60. The quantitative estimate of drug-likeness (QED) is 0.694. The van der Waals surface area contributed by atoms with Crippen LogP contribution in [0.2, 0.25) is 0 Å². The van der Waals surface area contributed by atoms with Gasteiger partial charge in [-0.25, -0.2) is 0 Å². The van der Waals surface area contributed by atoms with Gasteiger partial charge < -0.3 is 14.8 Å². The fraction of sp³-hybridized carbons (Fsp3) is 0.158. The third-order valence-corrected chi connectivity index (χ3v) is 3.54. The van der Waals surface area contributed by atoms with E-state index < -0.39 is 5.91 Å². The molecule has 3 rings (SSSR count). The van der Waals surface area contributed by atoms with Crippen LogP contribution < -0.4 is 14.8 Å². The van der Waals surface area contributed by atoms with Crippen LogP contribution in [-0.4, -0.2) is 19.1 Å². The van der Waals surface area contributed by atoms with Gasteiger partial charge in [-0.1, -0.05) is 36.4 Å². The van der Waals surface area contributed by atoms with Crippen LogP contribution in [0.25, 0.3) is 6.08 Å². The van der Waals surface area contributed by atoms with Crippen molar-refractivity contribution in [1.82, 2.24) is 5.32 Å². The van der Waals surface area contributed by atoms with E-state index in [1.54, 1.807) is 24.3 Å². The Hall–Kier alpha value is -3.26. The number of rotatable bonds is 4. The van der Waals surface area contributed by atoms with Gasteiger partial charge in [-0.15, -0.1) is 0 Å². The average molecular weight is 320 g/mol. The predicted molar refractivity (Wildman–Crippen MR) is 89.3 cm³/mol. The highest BCUT2D eigenvalue weighted by atomic mass is 16.6. The Bertz CT molecular complexity index is 807. The largest absolute Gasteiger partial charge is 0.486 e. The van der Waals surface area contributed by atoms with E-state index in [1.165, 1.54) is 0 Å². The summed E-state index contributed by atoms with van der Waals surface area (Å²) in [4.78, 5) is 12.2. The fourth-order valence-corrected chi connectivity index (χ4v) is 2.34.